The van der Waals surface area contributed by atoms with Crippen LogP contribution >= 0.6 is 50.9 Å². The Balaban J connectivity index is 2.04. The van der Waals surface area contributed by atoms with E-state index in [0.717, 1.165) is 9.37 Å². The van der Waals surface area contributed by atoms with Crippen LogP contribution in [0, 0.1) is 0 Å². The van der Waals surface area contributed by atoms with Crippen molar-refractivity contribution in [3.8, 4) is 0 Å². The van der Waals surface area contributed by atoms with Gasteiger partial charge < -0.3 is 0 Å². The van der Waals surface area contributed by atoms with Crippen LogP contribution in [0.3, 0.4) is 0 Å². The van der Waals surface area contributed by atoms with E-state index in [0.29, 0.717) is 21.4 Å². The van der Waals surface area contributed by atoms with E-state index in [1.54, 1.807) is 30.3 Å². The summed E-state index contributed by atoms with van der Waals surface area (Å²) >= 11 is 16.7. The molecule has 2 aromatic rings. The third kappa shape index (κ3) is 4.25. The summed E-state index contributed by atoms with van der Waals surface area (Å²) in [5.41, 5.74) is 0.689. The van der Waals surface area contributed by atoms with Gasteiger partial charge in [-0.05, 0) is 30.3 Å². The Morgan fingerprint density at radius 3 is 2.47 bits per heavy atom. The van der Waals surface area contributed by atoms with Crippen molar-refractivity contribution in [2.75, 3.05) is 5.75 Å². The standard InChI is InChI=1S/C14H9BrCl2OS/c15-10-3-1-9(2-4-10)13(18)8-19-14-7-11(16)5-6-12(14)17/h1-7H,8H2. The first-order valence-electron chi connectivity index (χ1n) is 5.43. The van der Waals surface area contributed by atoms with Crippen molar-refractivity contribution in [3.05, 3.63) is 62.5 Å². The minimum absolute atomic E-state index is 0.0635. The number of hydrogen-bond acceptors (Lipinski definition) is 2. The molecule has 2 aromatic carbocycles. The van der Waals surface area contributed by atoms with Gasteiger partial charge in [-0.25, -0.2) is 0 Å². The zero-order chi connectivity index (χ0) is 13.8. The Hall–Kier alpha value is -0.480. The van der Waals surface area contributed by atoms with Gasteiger partial charge in [0.25, 0.3) is 0 Å². The van der Waals surface area contributed by atoms with Crippen LogP contribution < -0.4 is 0 Å². The summed E-state index contributed by atoms with van der Waals surface area (Å²) < 4.78 is 0.953. The molecule has 0 saturated carbocycles. The lowest BCUT2D eigenvalue weighted by Gasteiger charge is -2.04. The lowest BCUT2D eigenvalue weighted by molar-refractivity contribution is 0.102. The van der Waals surface area contributed by atoms with Crippen LogP contribution in [-0.4, -0.2) is 11.5 Å². The summed E-state index contributed by atoms with van der Waals surface area (Å²) in [5, 5.41) is 1.22. The van der Waals surface area contributed by atoms with Gasteiger partial charge in [0.1, 0.15) is 0 Å². The van der Waals surface area contributed by atoms with Crippen molar-refractivity contribution in [3.63, 3.8) is 0 Å². The first-order valence-corrected chi connectivity index (χ1v) is 7.96. The number of thioether (sulfide) groups is 1. The largest absolute Gasteiger partial charge is 0.293 e. The molecule has 0 unspecified atom stereocenters. The van der Waals surface area contributed by atoms with Gasteiger partial charge in [-0.3, -0.25) is 4.79 Å². The molecule has 0 bridgehead atoms. The summed E-state index contributed by atoms with van der Waals surface area (Å²) in [6.07, 6.45) is 0. The molecular formula is C14H9BrCl2OS. The second-order valence-electron chi connectivity index (χ2n) is 3.79. The zero-order valence-corrected chi connectivity index (χ0v) is 13.6. The molecule has 0 spiro atoms. The second-order valence-corrected chi connectivity index (χ2v) is 6.57. The van der Waals surface area contributed by atoms with Crippen molar-refractivity contribution in [2.45, 2.75) is 4.90 Å². The summed E-state index contributed by atoms with van der Waals surface area (Å²) in [5.74, 6) is 0.398. The zero-order valence-electron chi connectivity index (χ0n) is 9.70. The Morgan fingerprint density at radius 2 is 1.79 bits per heavy atom. The van der Waals surface area contributed by atoms with Gasteiger partial charge in [0.2, 0.25) is 0 Å². The van der Waals surface area contributed by atoms with Gasteiger partial charge in [-0.15, -0.1) is 11.8 Å². The normalized spacial score (nSPS) is 10.5. The quantitative estimate of drug-likeness (QED) is 0.501. The predicted molar refractivity (Wildman–Crippen MR) is 85.7 cm³/mol. The van der Waals surface area contributed by atoms with Crippen LogP contribution in [0.2, 0.25) is 10.0 Å². The molecule has 0 aliphatic rings. The van der Waals surface area contributed by atoms with Crippen LogP contribution in [0.25, 0.3) is 0 Å². The maximum absolute atomic E-state index is 12.0. The van der Waals surface area contributed by atoms with Crippen molar-refractivity contribution in [1.82, 2.24) is 0 Å². The Kier molecular flexibility index (Phi) is 5.34. The molecule has 0 atom stereocenters. The van der Waals surface area contributed by atoms with Crippen molar-refractivity contribution >= 4 is 56.7 Å². The van der Waals surface area contributed by atoms with Crippen LogP contribution in [0.1, 0.15) is 10.4 Å². The molecule has 0 N–H and O–H groups in total. The third-order valence-electron chi connectivity index (χ3n) is 2.42. The number of Topliss-reactive ketones (excluding diaryl/α,β-unsaturated/α-hetero) is 1. The van der Waals surface area contributed by atoms with Crippen molar-refractivity contribution in [1.29, 1.82) is 0 Å². The molecule has 0 amide bonds. The molecule has 5 heteroatoms. The molecule has 0 heterocycles. The highest BCUT2D eigenvalue weighted by molar-refractivity contribution is 9.10. The Labute approximate surface area is 134 Å². The molecule has 0 aliphatic carbocycles. The fourth-order valence-electron chi connectivity index (χ4n) is 1.45. The van der Waals surface area contributed by atoms with E-state index in [9.17, 15) is 4.79 Å². The average molecular weight is 376 g/mol. The van der Waals surface area contributed by atoms with Crippen LogP contribution in [-0.2, 0) is 0 Å². The highest BCUT2D eigenvalue weighted by Gasteiger charge is 2.09. The monoisotopic (exact) mass is 374 g/mol. The van der Waals surface area contributed by atoms with Gasteiger partial charge in [0.15, 0.2) is 5.78 Å². The number of rotatable bonds is 4. The summed E-state index contributed by atoms with van der Waals surface area (Å²) in [6.45, 7) is 0. The lowest BCUT2D eigenvalue weighted by Crippen LogP contribution is -2.01. The minimum Gasteiger partial charge on any atom is -0.293 e. The molecule has 0 aliphatic heterocycles. The highest BCUT2D eigenvalue weighted by atomic mass is 79.9. The highest BCUT2D eigenvalue weighted by Crippen LogP contribution is 2.30. The van der Waals surface area contributed by atoms with E-state index in [2.05, 4.69) is 15.9 Å². The Morgan fingerprint density at radius 1 is 1.11 bits per heavy atom. The number of hydrogen-bond donors (Lipinski definition) is 0. The number of benzene rings is 2. The smallest absolute Gasteiger partial charge is 0.173 e. The number of carbonyl (C=O) groups is 1. The topological polar surface area (TPSA) is 17.1 Å². The SMILES string of the molecule is O=C(CSc1cc(Cl)ccc1Cl)c1ccc(Br)cc1. The first-order chi connectivity index (χ1) is 9.06. The third-order valence-corrected chi connectivity index (χ3v) is 4.68. The molecule has 19 heavy (non-hydrogen) atoms. The second kappa shape index (κ2) is 6.80. The summed E-state index contributed by atoms with van der Waals surface area (Å²) in [4.78, 5) is 12.8. The van der Waals surface area contributed by atoms with Gasteiger partial charge in [-0.2, -0.15) is 0 Å². The number of halogens is 3. The van der Waals surface area contributed by atoms with Crippen LogP contribution in [0.4, 0.5) is 0 Å². The maximum atomic E-state index is 12.0. The van der Waals surface area contributed by atoms with Crippen LogP contribution in [0.5, 0.6) is 0 Å². The van der Waals surface area contributed by atoms with E-state index in [4.69, 9.17) is 23.2 Å². The van der Waals surface area contributed by atoms with E-state index in [1.165, 1.54) is 11.8 Å². The van der Waals surface area contributed by atoms with E-state index in [1.807, 2.05) is 12.1 Å². The molecule has 0 fully saturated rings. The fraction of sp³-hybridized carbons (Fsp3) is 0.0714. The molecule has 98 valence electrons. The maximum Gasteiger partial charge on any atom is 0.173 e. The van der Waals surface area contributed by atoms with Gasteiger partial charge >= 0.3 is 0 Å². The molecule has 1 nitrogen and oxygen atoms in total. The predicted octanol–water partition coefficient (Wildman–Crippen LogP) is 5.73. The molecule has 2 rings (SSSR count). The average Bonchev–Trinajstić information content (AvgIpc) is 2.40. The number of carbonyl (C=O) groups excluding carboxylic acids is 1. The van der Waals surface area contributed by atoms with E-state index >= 15 is 0 Å². The summed E-state index contributed by atoms with van der Waals surface area (Å²) in [6, 6.07) is 12.5. The molecule has 0 saturated heterocycles. The first kappa shape index (κ1) is 14.9. The van der Waals surface area contributed by atoms with Gasteiger partial charge in [0, 0.05) is 20.0 Å². The van der Waals surface area contributed by atoms with Crippen molar-refractivity contribution < 1.29 is 4.79 Å². The summed E-state index contributed by atoms with van der Waals surface area (Å²) in [7, 11) is 0. The Bertz CT molecular complexity index is 599. The fourth-order valence-corrected chi connectivity index (χ4v) is 3.10. The molecule has 0 aromatic heterocycles. The minimum atomic E-state index is 0.0635. The van der Waals surface area contributed by atoms with Gasteiger partial charge in [-0.1, -0.05) is 51.3 Å². The van der Waals surface area contributed by atoms with Gasteiger partial charge in [0.05, 0.1) is 10.8 Å². The molecule has 0 radical (unpaired) electrons. The van der Waals surface area contributed by atoms with E-state index < -0.39 is 0 Å². The van der Waals surface area contributed by atoms with E-state index in [-0.39, 0.29) is 5.78 Å². The number of ketones is 1. The lowest BCUT2D eigenvalue weighted by atomic mass is 10.2. The van der Waals surface area contributed by atoms with Crippen molar-refractivity contribution in [2.24, 2.45) is 0 Å². The van der Waals surface area contributed by atoms with Crippen LogP contribution in [0.15, 0.2) is 51.8 Å². The molecular weight excluding hydrogens is 367 g/mol.